The van der Waals surface area contributed by atoms with Crippen LogP contribution in [0.5, 0.6) is 0 Å². The van der Waals surface area contributed by atoms with Crippen LogP contribution in [0, 0.1) is 5.92 Å². The Morgan fingerprint density at radius 1 is 0.614 bits per heavy atom. The minimum atomic E-state index is 0.165. The van der Waals surface area contributed by atoms with E-state index in [1.54, 1.807) is 0 Å². The summed E-state index contributed by atoms with van der Waals surface area (Å²) in [7, 11) is 0. The van der Waals surface area contributed by atoms with Crippen LogP contribution < -0.4 is 0 Å². The third-order valence-corrected chi connectivity index (χ3v) is 12.9. The Hall–Kier alpha value is -6.62. The summed E-state index contributed by atoms with van der Waals surface area (Å²) in [6.45, 7) is 2.30. The van der Waals surface area contributed by atoms with E-state index >= 15 is 0 Å². The molecular formula is C53H39N3S. The van der Waals surface area contributed by atoms with E-state index in [-0.39, 0.29) is 5.92 Å². The molecule has 1 aliphatic carbocycles. The summed E-state index contributed by atoms with van der Waals surface area (Å²) in [4.78, 5) is 11.2. The topological polar surface area (TPSA) is 29.6 Å². The van der Waals surface area contributed by atoms with Gasteiger partial charge in [-0.3, -0.25) is 0 Å². The maximum absolute atomic E-state index is 5.66. The van der Waals surface area contributed by atoms with E-state index in [0.717, 1.165) is 58.9 Å². The van der Waals surface area contributed by atoms with Gasteiger partial charge in [-0.1, -0.05) is 146 Å². The monoisotopic (exact) mass is 749 g/mol. The maximum Gasteiger partial charge on any atom is 0.160 e. The van der Waals surface area contributed by atoms with Crippen molar-refractivity contribution in [2.24, 2.45) is 15.9 Å². The summed E-state index contributed by atoms with van der Waals surface area (Å²) in [6, 6.07) is 55.2. The summed E-state index contributed by atoms with van der Waals surface area (Å²) in [6.07, 6.45) is 11.9. The Bertz CT molecular complexity index is 3220. The predicted octanol–water partition coefficient (Wildman–Crippen LogP) is 14.4. The lowest BCUT2D eigenvalue weighted by Crippen LogP contribution is -2.17. The van der Waals surface area contributed by atoms with Gasteiger partial charge in [0.15, 0.2) is 5.84 Å². The number of hydrogen-bond acceptors (Lipinski definition) is 3. The standard InChI is InChI=1S/C53H39N3S/c1-34-27-30-46(54-53(55-50(34)36-17-6-3-7-18-36)40-22-14-21-37(31-40)35-15-4-2-5-16-35)44-29-28-43-42-24-11-13-26-49(42)57-52(43)51(44)56-47-25-12-10-23-41(47)45-32-38-19-8-9-20-39(38)33-48(45)56/h2-4,6-15,17-26,28-34H,5,16,27H2,1H3/b46-30+,54-53-,55-50+. The summed E-state index contributed by atoms with van der Waals surface area (Å²) in [5, 5.41) is 7.50. The second kappa shape index (κ2) is 13.8. The van der Waals surface area contributed by atoms with E-state index in [1.807, 2.05) is 11.3 Å². The van der Waals surface area contributed by atoms with Gasteiger partial charge in [0.05, 0.1) is 32.8 Å². The summed E-state index contributed by atoms with van der Waals surface area (Å²) < 4.78 is 5.05. The largest absolute Gasteiger partial charge is 0.307 e. The van der Waals surface area contributed by atoms with Crippen LogP contribution >= 0.6 is 11.3 Å². The number of amidine groups is 1. The highest BCUT2D eigenvalue weighted by Crippen LogP contribution is 2.45. The van der Waals surface area contributed by atoms with E-state index in [0.29, 0.717) is 0 Å². The number of fused-ring (bicyclic) bond motifs is 7. The lowest BCUT2D eigenvalue weighted by Gasteiger charge is -2.21. The zero-order chi connectivity index (χ0) is 37.9. The molecule has 0 radical (unpaired) electrons. The minimum Gasteiger partial charge on any atom is -0.307 e. The molecule has 0 spiro atoms. The Balaban J connectivity index is 1.22. The molecule has 3 nitrogen and oxygen atoms in total. The molecule has 4 heteroatoms. The van der Waals surface area contributed by atoms with Crippen molar-refractivity contribution < 1.29 is 0 Å². The summed E-state index contributed by atoms with van der Waals surface area (Å²) >= 11 is 1.87. The van der Waals surface area contributed by atoms with Gasteiger partial charge in [-0.25, -0.2) is 9.98 Å². The number of nitrogens with zero attached hydrogens (tertiary/aromatic N) is 3. The first-order valence-corrected chi connectivity index (χ1v) is 20.8. The number of para-hydroxylation sites is 1. The molecule has 2 aromatic heterocycles. The Kier molecular flexibility index (Phi) is 8.18. The van der Waals surface area contributed by atoms with Gasteiger partial charge in [0.1, 0.15) is 0 Å². The van der Waals surface area contributed by atoms with Crippen LogP contribution in [-0.2, 0) is 0 Å². The number of benzene rings is 7. The van der Waals surface area contributed by atoms with Gasteiger partial charge in [-0.05, 0) is 83.1 Å². The SMILES string of the molecule is CC1C/C=C(c2ccc3c(sc4ccccc43)c2-n2c3ccccc3c3cc4ccccc4cc32)/N=C(c2cccc(C3=CC=CCC3)c2)\N=C/1c1ccccc1. The van der Waals surface area contributed by atoms with Crippen LogP contribution in [0.1, 0.15) is 48.4 Å². The second-order valence-corrected chi connectivity index (χ2v) is 16.3. The molecular weight excluding hydrogens is 711 g/mol. The highest BCUT2D eigenvalue weighted by atomic mass is 32.1. The number of aliphatic imine (C=N–C) groups is 2. The Morgan fingerprint density at radius 2 is 1.37 bits per heavy atom. The fourth-order valence-corrected chi connectivity index (χ4v) is 10.1. The Labute approximate surface area is 336 Å². The van der Waals surface area contributed by atoms with Gasteiger partial charge < -0.3 is 4.57 Å². The van der Waals surface area contributed by atoms with Crippen molar-refractivity contribution in [2.75, 3.05) is 0 Å². The van der Waals surface area contributed by atoms with Crippen molar-refractivity contribution >= 4 is 86.9 Å². The summed E-state index contributed by atoms with van der Waals surface area (Å²) in [5.41, 5.74) is 11.4. The van der Waals surface area contributed by atoms with E-state index < -0.39 is 0 Å². The first kappa shape index (κ1) is 33.7. The molecule has 0 saturated heterocycles. The molecule has 272 valence electrons. The van der Waals surface area contributed by atoms with Gasteiger partial charge in [-0.2, -0.15) is 0 Å². The lowest BCUT2D eigenvalue weighted by molar-refractivity contribution is 0.790. The molecule has 0 fully saturated rings. The predicted molar refractivity (Wildman–Crippen MR) is 245 cm³/mol. The average molecular weight is 750 g/mol. The molecule has 57 heavy (non-hydrogen) atoms. The van der Waals surface area contributed by atoms with Crippen molar-refractivity contribution in [2.45, 2.75) is 26.2 Å². The van der Waals surface area contributed by atoms with E-state index in [4.69, 9.17) is 9.98 Å². The zero-order valence-corrected chi connectivity index (χ0v) is 32.5. The van der Waals surface area contributed by atoms with Gasteiger partial charge in [0.25, 0.3) is 0 Å². The van der Waals surface area contributed by atoms with Crippen LogP contribution in [-0.4, -0.2) is 16.1 Å². The van der Waals surface area contributed by atoms with Gasteiger partial charge in [0.2, 0.25) is 0 Å². The molecule has 3 heterocycles. The molecule has 0 amide bonds. The van der Waals surface area contributed by atoms with Gasteiger partial charge in [0, 0.05) is 43.3 Å². The van der Waals surface area contributed by atoms with Crippen molar-refractivity contribution in [1.82, 2.24) is 4.57 Å². The smallest absolute Gasteiger partial charge is 0.160 e. The van der Waals surface area contributed by atoms with E-state index in [2.05, 4.69) is 187 Å². The molecule has 1 aliphatic heterocycles. The highest BCUT2D eigenvalue weighted by Gasteiger charge is 2.24. The third kappa shape index (κ3) is 5.79. The first-order valence-electron chi connectivity index (χ1n) is 19.9. The maximum atomic E-state index is 5.66. The lowest BCUT2D eigenvalue weighted by atomic mass is 9.92. The van der Waals surface area contributed by atoms with Crippen molar-refractivity contribution in [3.05, 3.63) is 198 Å². The number of aromatic nitrogens is 1. The van der Waals surface area contributed by atoms with Crippen LogP contribution in [0.25, 0.3) is 69.7 Å². The van der Waals surface area contributed by atoms with Crippen LogP contribution in [0.4, 0.5) is 0 Å². The Morgan fingerprint density at radius 3 is 2.23 bits per heavy atom. The minimum absolute atomic E-state index is 0.165. The van der Waals surface area contributed by atoms with E-state index in [1.165, 1.54) is 63.9 Å². The van der Waals surface area contributed by atoms with Crippen LogP contribution in [0.2, 0.25) is 0 Å². The normalized spacial score (nSPS) is 18.9. The van der Waals surface area contributed by atoms with Gasteiger partial charge in [-0.15, -0.1) is 11.3 Å². The third-order valence-electron chi connectivity index (χ3n) is 11.7. The van der Waals surface area contributed by atoms with Crippen LogP contribution in [0.15, 0.2) is 186 Å². The fourth-order valence-electron chi connectivity index (χ4n) is 8.87. The number of allylic oxidation sites excluding steroid dienone is 5. The van der Waals surface area contributed by atoms with Crippen molar-refractivity contribution in [3.8, 4) is 5.69 Å². The number of rotatable bonds is 5. The van der Waals surface area contributed by atoms with Crippen LogP contribution in [0.3, 0.4) is 0 Å². The molecule has 2 aliphatic rings. The molecule has 0 N–H and O–H groups in total. The zero-order valence-electron chi connectivity index (χ0n) is 31.7. The molecule has 1 unspecified atom stereocenters. The van der Waals surface area contributed by atoms with Crippen molar-refractivity contribution in [3.63, 3.8) is 0 Å². The van der Waals surface area contributed by atoms with E-state index in [9.17, 15) is 0 Å². The summed E-state index contributed by atoms with van der Waals surface area (Å²) in [5.74, 6) is 0.898. The average Bonchev–Trinajstić information content (AvgIpc) is 3.80. The molecule has 1 atom stereocenters. The first-order chi connectivity index (χ1) is 28.2. The van der Waals surface area contributed by atoms with Crippen molar-refractivity contribution in [1.29, 1.82) is 0 Å². The molecule has 7 aromatic carbocycles. The number of hydrogen-bond donors (Lipinski definition) is 0. The number of thiophene rings is 1. The molecule has 0 bridgehead atoms. The molecule has 9 aromatic rings. The highest BCUT2D eigenvalue weighted by molar-refractivity contribution is 7.26. The quantitative estimate of drug-likeness (QED) is 0.168. The van der Waals surface area contributed by atoms with Gasteiger partial charge >= 0.3 is 0 Å². The molecule has 0 saturated carbocycles. The molecule has 11 rings (SSSR count). The second-order valence-electron chi connectivity index (χ2n) is 15.3. The fraction of sp³-hybridized carbons (Fsp3) is 0.0943.